The fraction of sp³-hybridized carbons (Fsp3) is 0.364. The lowest BCUT2D eigenvalue weighted by Gasteiger charge is -2.26. The predicted octanol–water partition coefficient (Wildman–Crippen LogP) is 3.40. The Kier molecular flexibility index (Phi) is 8.64. The molecule has 0 saturated heterocycles. The molecule has 0 unspecified atom stereocenters. The number of hydrogen-bond acceptors (Lipinski definition) is 7. The van der Waals surface area contributed by atoms with Crippen LogP contribution in [-0.2, 0) is 19.2 Å². The Morgan fingerprint density at radius 1 is 1.23 bits per heavy atom. The Hall–Kier alpha value is -2.85. The van der Waals surface area contributed by atoms with Crippen molar-refractivity contribution in [2.75, 3.05) is 19.8 Å². The first kappa shape index (κ1) is 24.4. The van der Waals surface area contributed by atoms with Crippen molar-refractivity contribution < 1.29 is 28.8 Å². The molecule has 0 heterocycles. The fourth-order valence-electron chi connectivity index (χ4n) is 2.75. The van der Waals surface area contributed by atoms with Crippen LogP contribution < -0.4 is 5.32 Å². The molecule has 2 aromatic carbocycles. The summed E-state index contributed by atoms with van der Waals surface area (Å²) in [4.78, 5) is 28.7. The third kappa shape index (κ3) is 7.11. The molecule has 8 nitrogen and oxygen atoms in total. The van der Waals surface area contributed by atoms with Gasteiger partial charge in [0.1, 0.15) is 12.4 Å². The minimum absolute atomic E-state index is 0.0596. The summed E-state index contributed by atoms with van der Waals surface area (Å²) in [7, 11) is 0. The van der Waals surface area contributed by atoms with Crippen LogP contribution in [0.2, 0.25) is 0 Å². The maximum Gasteiger partial charge on any atom is 0.314 e. The average molecular weight is 433 g/mol. The zero-order valence-electron chi connectivity index (χ0n) is 17.6. The highest BCUT2D eigenvalue weighted by atomic mass is 19.1. The first-order valence-corrected chi connectivity index (χ1v) is 9.70. The van der Waals surface area contributed by atoms with Crippen LogP contribution in [0.1, 0.15) is 32.3 Å². The van der Waals surface area contributed by atoms with E-state index < -0.39 is 28.5 Å². The smallest absolute Gasteiger partial charge is 0.314 e. The molecule has 9 heteroatoms. The molecular formula is C22H26FN2O6-. The molecule has 0 radical (unpaired) electrons. The zero-order chi connectivity index (χ0) is 23.0. The summed E-state index contributed by atoms with van der Waals surface area (Å²) in [6.45, 7) is 4.20. The van der Waals surface area contributed by atoms with Gasteiger partial charge in [0.25, 0.3) is 0 Å². The first-order chi connectivity index (χ1) is 14.6. The van der Waals surface area contributed by atoms with Crippen LogP contribution in [-0.4, -0.2) is 42.2 Å². The monoisotopic (exact) mass is 433 g/mol. The van der Waals surface area contributed by atoms with Crippen molar-refractivity contribution in [3.8, 4) is 11.1 Å². The quantitative estimate of drug-likeness (QED) is 0.336. The molecule has 0 aliphatic carbocycles. The standard InChI is InChI=1S/C22H26FN2O6/c1-15(17-9-10-18(19(23)13-17)16-7-5-4-6-8-16)20(26)24-11-12-30-21(27)22(2,3)14-31-25(28)29/h4-10,13,15,28H,11-12,14H2,1-3H3,(H,24,26)/q-1/t15-/m0/s1. The van der Waals surface area contributed by atoms with E-state index in [-0.39, 0.29) is 25.7 Å². The molecule has 0 aliphatic rings. The molecular weight excluding hydrogens is 407 g/mol. The third-order valence-corrected chi connectivity index (χ3v) is 4.69. The molecule has 2 aromatic rings. The van der Waals surface area contributed by atoms with Crippen molar-refractivity contribution in [3.63, 3.8) is 0 Å². The SMILES string of the molecule is C[C@H](C(=O)NCCOC(=O)C(C)(C)CON([O-])O)c1ccc(-c2ccccc2)c(F)c1. The highest BCUT2D eigenvalue weighted by molar-refractivity contribution is 5.83. The Balaban J connectivity index is 1.85. The van der Waals surface area contributed by atoms with Crippen LogP contribution in [0.25, 0.3) is 11.1 Å². The van der Waals surface area contributed by atoms with Crippen molar-refractivity contribution in [2.24, 2.45) is 5.41 Å². The molecule has 0 fully saturated rings. The number of esters is 1. The number of amides is 1. The summed E-state index contributed by atoms with van der Waals surface area (Å²) in [5.74, 6) is -2.02. The van der Waals surface area contributed by atoms with Crippen LogP contribution in [0, 0.1) is 16.4 Å². The van der Waals surface area contributed by atoms with Crippen molar-refractivity contribution in [2.45, 2.75) is 26.7 Å². The summed E-state index contributed by atoms with van der Waals surface area (Å²) >= 11 is 0. The lowest BCUT2D eigenvalue weighted by atomic mass is 9.95. The van der Waals surface area contributed by atoms with E-state index in [2.05, 4.69) is 10.2 Å². The minimum Gasteiger partial charge on any atom is -0.738 e. The summed E-state index contributed by atoms with van der Waals surface area (Å²) in [5, 5.41) is 20.7. The Morgan fingerprint density at radius 2 is 1.90 bits per heavy atom. The van der Waals surface area contributed by atoms with Crippen LogP contribution in [0.4, 0.5) is 4.39 Å². The number of carbonyl (C=O) groups is 2. The molecule has 2 rings (SSSR count). The molecule has 2 N–H and O–H groups in total. The first-order valence-electron chi connectivity index (χ1n) is 9.70. The lowest BCUT2D eigenvalue weighted by Crippen LogP contribution is -2.36. The van der Waals surface area contributed by atoms with Crippen LogP contribution in [0.3, 0.4) is 0 Å². The molecule has 0 aliphatic heterocycles. The number of carbonyl (C=O) groups excluding carboxylic acids is 2. The summed E-state index contributed by atoms with van der Waals surface area (Å²) in [6.07, 6.45) is 0. The number of hydrogen-bond donors (Lipinski definition) is 2. The second kappa shape index (κ2) is 11.0. The third-order valence-electron chi connectivity index (χ3n) is 4.69. The number of nitrogens with zero attached hydrogens (tertiary/aromatic N) is 1. The molecule has 1 atom stereocenters. The van der Waals surface area contributed by atoms with Crippen molar-refractivity contribution in [1.29, 1.82) is 0 Å². The van der Waals surface area contributed by atoms with Gasteiger partial charge in [-0.1, -0.05) is 42.5 Å². The number of rotatable bonds is 10. The van der Waals surface area contributed by atoms with Gasteiger partial charge in [0.05, 0.1) is 24.5 Å². The van der Waals surface area contributed by atoms with Gasteiger partial charge >= 0.3 is 5.97 Å². The normalized spacial score (nSPS) is 12.5. The summed E-state index contributed by atoms with van der Waals surface area (Å²) < 4.78 is 19.6. The zero-order valence-corrected chi connectivity index (χ0v) is 17.6. The Bertz CT molecular complexity index is 889. The van der Waals surface area contributed by atoms with Gasteiger partial charge in [0.15, 0.2) is 0 Å². The number of halogens is 1. The molecule has 0 bridgehead atoms. The molecule has 0 saturated carbocycles. The van der Waals surface area contributed by atoms with Crippen molar-refractivity contribution in [1.82, 2.24) is 10.7 Å². The molecule has 31 heavy (non-hydrogen) atoms. The molecule has 168 valence electrons. The topological polar surface area (TPSA) is 111 Å². The highest BCUT2D eigenvalue weighted by Gasteiger charge is 2.30. The molecule has 0 aromatic heterocycles. The van der Waals surface area contributed by atoms with Gasteiger partial charge in [-0.15, -0.1) is 5.39 Å². The number of ether oxygens (including phenoxy) is 1. The van der Waals surface area contributed by atoms with Crippen molar-refractivity contribution >= 4 is 11.9 Å². The van der Waals surface area contributed by atoms with E-state index in [1.165, 1.54) is 19.9 Å². The Labute approximate surface area is 180 Å². The number of nitrogens with one attached hydrogen (secondary N) is 1. The van der Waals surface area contributed by atoms with E-state index >= 15 is 0 Å². The van der Waals surface area contributed by atoms with Gasteiger partial charge in [0, 0.05) is 5.56 Å². The molecule has 1 amide bonds. The fourth-order valence-corrected chi connectivity index (χ4v) is 2.75. The maximum atomic E-state index is 14.5. The van der Waals surface area contributed by atoms with Crippen LogP contribution in [0.5, 0.6) is 0 Å². The second-order valence-electron chi connectivity index (χ2n) is 7.65. The van der Waals surface area contributed by atoms with Gasteiger partial charge in [-0.3, -0.25) is 14.4 Å². The number of benzene rings is 2. The van der Waals surface area contributed by atoms with Crippen LogP contribution >= 0.6 is 0 Å². The van der Waals surface area contributed by atoms with E-state index in [1.807, 2.05) is 30.3 Å². The van der Waals surface area contributed by atoms with E-state index in [0.29, 0.717) is 11.1 Å². The Morgan fingerprint density at radius 3 is 2.52 bits per heavy atom. The van der Waals surface area contributed by atoms with Gasteiger partial charge in [0.2, 0.25) is 5.91 Å². The van der Waals surface area contributed by atoms with Crippen molar-refractivity contribution in [3.05, 3.63) is 65.1 Å². The van der Waals surface area contributed by atoms with Gasteiger partial charge in [-0.25, -0.2) is 4.39 Å². The van der Waals surface area contributed by atoms with E-state index in [9.17, 15) is 19.2 Å². The lowest BCUT2D eigenvalue weighted by molar-refractivity contribution is -0.314. The second-order valence-corrected chi connectivity index (χ2v) is 7.65. The van der Waals surface area contributed by atoms with Crippen LogP contribution in [0.15, 0.2) is 48.5 Å². The van der Waals surface area contributed by atoms with Gasteiger partial charge in [-0.05, 0) is 38.0 Å². The highest BCUT2D eigenvalue weighted by Crippen LogP contribution is 2.26. The van der Waals surface area contributed by atoms with E-state index in [4.69, 9.17) is 9.94 Å². The van der Waals surface area contributed by atoms with E-state index in [1.54, 1.807) is 19.1 Å². The maximum absolute atomic E-state index is 14.5. The predicted molar refractivity (Wildman–Crippen MR) is 111 cm³/mol. The molecule has 0 spiro atoms. The van der Waals surface area contributed by atoms with E-state index in [0.717, 1.165) is 5.56 Å². The van der Waals surface area contributed by atoms with Gasteiger partial charge < -0.3 is 20.5 Å². The summed E-state index contributed by atoms with van der Waals surface area (Å²) in [6, 6.07) is 13.8. The minimum atomic E-state index is -1.17. The largest absolute Gasteiger partial charge is 0.738 e. The van der Waals surface area contributed by atoms with Gasteiger partial charge in [-0.2, -0.15) is 0 Å². The average Bonchev–Trinajstić information content (AvgIpc) is 2.75. The summed E-state index contributed by atoms with van der Waals surface area (Å²) in [5.41, 5.74) is 0.564.